The van der Waals surface area contributed by atoms with Crippen molar-refractivity contribution in [3.63, 3.8) is 0 Å². The first-order valence-electron chi connectivity index (χ1n) is 7.61. The molecule has 0 saturated carbocycles. The van der Waals surface area contributed by atoms with Crippen LogP contribution in [0.3, 0.4) is 0 Å². The SMILES string of the molecule is CC1CCN(c2ncc(F)cc2CNC(C)C)C(C)C1. The summed E-state index contributed by atoms with van der Waals surface area (Å²) in [4.78, 5) is 6.70. The van der Waals surface area contributed by atoms with Crippen LogP contribution < -0.4 is 10.2 Å². The number of nitrogens with one attached hydrogen (secondary N) is 1. The van der Waals surface area contributed by atoms with Crippen LogP contribution in [-0.4, -0.2) is 23.6 Å². The lowest BCUT2D eigenvalue weighted by Gasteiger charge is -2.38. The van der Waals surface area contributed by atoms with Gasteiger partial charge in [0.1, 0.15) is 11.6 Å². The maximum atomic E-state index is 13.5. The van der Waals surface area contributed by atoms with Gasteiger partial charge in [0.15, 0.2) is 0 Å². The molecule has 0 spiro atoms. The summed E-state index contributed by atoms with van der Waals surface area (Å²) in [5, 5.41) is 3.36. The van der Waals surface area contributed by atoms with Crippen molar-refractivity contribution >= 4 is 5.82 Å². The van der Waals surface area contributed by atoms with E-state index in [0.29, 0.717) is 18.6 Å². The monoisotopic (exact) mass is 279 g/mol. The summed E-state index contributed by atoms with van der Waals surface area (Å²) in [5.41, 5.74) is 0.958. The molecule has 2 unspecified atom stereocenters. The van der Waals surface area contributed by atoms with Crippen LogP contribution in [-0.2, 0) is 6.54 Å². The average Bonchev–Trinajstić information content (AvgIpc) is 2.37. The lowest BCUT2D eigenvalue weighted by atomic mass is 9.93. The molecule has 0 aromatic carbocycles. The van der Waals surface area contributed by atoms with Gasteiger partial charge >= 0.3 is 0 Å². The van der Waals surface area contributed by atoms with E-state index in [0.717, 1.165) is 23.8 Å². The molecule has 2 heterocycles. The Kier molecular flexibility index (Phi) is 4.97. The molecule has 1 aromatic rings. The molecule has 1 saturated heterocycles. The highest BCUT2D eigenvalue weighted by molar-refractivity contribution is 5.48. The Bertz CT molecular complexity index is 447. The summed E-state index contributed by atoms with van der Waals surface area (Å²) in [6.07, 6.45) is 3.69. The summed E-state index contributed by atoms with van der Waals surface area (Å²) < 4.78 is 13.5. The first-order chi connectivity index (χ1) is 9.47. The first-order valence-corrected chi connectivity index (χ1v) is 7.61. The molecule has 0 radical (unpaired) electrons. The lowest BCUT2D eigenvalue weighted by molar-refractivity contribution is 0.375. The highest BCUT2D eigenvalue weighted by Crippen LogP contribution is 2.29. The molecule has 1 fully saturated rings. The van der Waals surface area contributed by atoms with Crippen molar-refractivity contribution in [1.29, 1.82) is 0 Å². The number of aromatic nitrogens is 1. The van der Waals surface area contributed by atoms with E-state index < -0.39 is 0 Å². The maximum Gasteiger partial charge on any atom is 0.141 e. The second-order valence-electron chi connectivity index (χ2n) is 6.34. The Morgan fingerprint density at radius 3 is 2.85 bits per heavy atom. The fraction of sp³-hybridized carbons (Fsp3) is 0.688. The molecule has 1 aromatic heterocycles. The predicted molar refractivity (Wildman–Crippen MR) is 81.4 cm³/mol. The Morgan fingerprint density at radius 2 is 2.20 bits per heavy atom. The molecular formula is C16H26FN3. The van der Waals surface area contributed by atoms with E-state index in [1.54, 1.807) is 6.07 Å². The number of hydrogen-bond donors (Lipinski definition) is 1. The molecular weight excluding hydrogens is 253 g/mol. The summed E-state index contributed by atoms with van der Waals surface area (Å²) in [6, 6.07) is 2.46. The second kappa shape index (κ2) is 6.53. The summed E-state index contributed by atoms with van der Waals surface area (Å²) in [7, 11) is 0. The van der Waals surface area contributed by atoms with E-state index in [4.69, 9.17) is 0 Å². The van der Waals surface area contributed by atoms with Crippen molar-refractivity contribution in [2.75, 3.05) is 11.4 Å². The molecule has 0 amide bonds. The van der Waals surface area contributed by atoms with Gasteiger partial charge in [0.05, 0.1) is 6.20 Å². The third-order valence-corrected chi connectivity index (χ3v) is 4.02. The van der Waals surface area contributed by atoms with Crippen LogP contribution >= 0.6 is 0 Å². The number of halogens is 1. The molecule has 0 aliphatic carbocycles. The van der Waals surface area contributed by atoms with Crippen LogP contribution in [0.15, 0.2) is 12.3 Å². The molecule has 2 atom stereocenters. The fourth-order valence-electron chi connectivity index (χ4n) is 2.90. The van der Waals surface area contributed by atoms with E-state index in [1.165, 1.54) is 19.0 Å². The number of hydrogen-bond acceptors (Lipinski definition) is 3. The van der Waals surface area contributed by atoms with Crippen molar-refractivity contribution in [3.8, 4) is 0 Å². The molecule has 0 bridgehead atoms. The van der Waals surface area contributed by atoms with Crippen LogP contribution in [0.1, 0.15) is 46.1 Å². The van der Waals surface area contributed by atoms with E-state index in [2.05, 4.69) is 42.9 Å². The third kappa shape index (κ3) is 3.69. The zero-order chi connectivity index (χ0) is 14.7. The molecule has 1 N–H and O–H groups in total. The third-order valence-electron chi connectivity index (χ3n) is 4.02. The molecule has 1 aliphatic heterocycles. The van der Waals surface area contributed by atoms with Crippen molar-refractivity contribution < 1.29 is 4.39 Å². The average molecular weight is 279 g/mol. The van der Waals surface area contributed by atoms with E-state index >= 15 is 0 Å². The molecule has 112 valence electrons. The van der Waals surface area contributed by atoms with E-state index in [9.17, 15) is 4.39 Å². The number of anilines is 1. The minimum atomic E-state index is -0.257. The largest absolute Gasteiger partial charge is 0.354 e. The van der Waals surface area contributed by atoms with Crippen LogP contribution in [0.5, 0.6) is 0 Å². The zero-order valence-corrected chi connectivity index (χ0v) is 13.0. The normalized spacial score (nSPS) is 23.4. The molecule has 1 aliphatic rings. The van der Waals surface area contributed by atoms with Gasteiger partial charge in [0.2, 0.25) is 0 Å². The van der Waals surface area contributed by atoms with Crippen LogP contribution in [0.2, 0.25) is 0 Å². The van der Waals surface area contributed by atoms with Crippen LogP contribution in [0.25, 0.3) is 0 Å². The predicted octanol–water partition coefficient (Wildman–Crippen LogP) is 3.34. The van der Waals surface area contributed by atoms with Gasteiger partial charge in [0.25, 0.3) is 0 Å². The highest BCUT2D eigenvalue weighted by atomic mass is 19.1. The molecule has 2 rings (SSSR count). The minimum Gasteiger partial charge on any atom is -0.354 e. The van der Waals surface area contributed by atoms with E-state index in [-0.39, 0.29) is 5.82 Å². The Hall–Kier alpha value is -1.16. The smallest absolute Gasteiger partial charge is 0.141 e. The number of nitrogens with zero attached hydrogens (tertiary/aromatic N) is 2. The van der Waals surface area contributed by atoms with Gasteiger partial charge in [-0.2, -0.15) is 0 Å². The number of pyridine rings is 1. The van der Waals surface area contributed by atoms with Gasteiger partial charge in [-0.25, -0.2) is 9.37 Å². The molecule has 3 nitrogen and oxygen atoms in total. The Balaban J connectivity index is 2.21. The number of piperidine rings is 1. The Morgan fingerprint density at radius 1 is 1.45 bits per heavy atom. The zero-order valence-electron chi connectivity index (χ0n) is 13.0. The van der Waals surface area contributed by atoms with E-state index in [1.807, 2.05) is 0 Å². The maximum absolute atomic E-state index is 13.5. The summed E-state index contributed by atoms with van der Waals surface area (Å²) in [5.74, 6) is 1.45. The van der Waals surface area contributed by atoms with Gasteiger partial charge in [-0.1, -0.05) is 20.8 Å². The van der Waals surface area contributed by atoms with Crippen molar-refractivity contribution in [1.82, 2.24) is 10.3 Å². The van der Waals surface area contributed by atoms with Crippen LogP contribution in [0.4, 0.5) is 10.2 Å². The van der Waals surface area contributed by atoms with Crippen molar-refractivity contribution in [3.05, 3.63) is 23.6 Å². The standard InChI is InChI=1S/C16H26FN3/c1-11(2)18-9-14-8-15(17)10-19-16(14)20-6-5-12(3)7-13(20)4/h8,10-13,18H,5-7,9H2,1-4H3. The first kappa shape index (κ1) is 15.2. The van der Waals surface area contributed by atoms with Gasteiger partial charge < -0.3 is 10.2 Å². The second-order valence-corrected chi connectivity index (χ2v) is 6.34. The van der Waals surface area contributed by atoms with Crippen LogP contribution in [0, 0.1) is 11.7 Å². The van der Waals surface area contributed by atoms with Gasteiger partial charge in [0, 0.05) is 30.7 Å². The summed E-state index contributed by atoms with van der Waals surface area (Å²) >= 11 is 0. The van der Waals surface area contributed by atoms with Crippen molar-refractivity contribution in [2.24, 2.45) is 5.92 Å². The fourth-order valence-corrected chi connectivity index (χ4v) is 2.90. The van der Waals surface area contributed by atoms with Gasteiger partial charge in [-0.05, 0) is 31.7 Å². The number of rotatable bonds is 4. The topological polar surface area (TPSA) is 28.2 Å². The van der Waals surface area contributed by atoms with Gasteiger partial charge in [-0.15, -0.1) is 0 Å². The quantitative estimate of drug-likeness (QED) is 0.916. The molecule has 4 heteroatoms. The Labute approximate surface area is 121 Å². The minimum absolute atomic E-state index is 0.257. The highest BCUT2D eigenvalue weighted by Gasteiger charge is 2.25. The summed E-state index contributed by atoms with van der Waals surface area (Å²) in [6.45, 7) is 10.4. The molecule has 20 heavy (non-hydrogen) atoms. The van der Waals surface area contributed by atoms with Crippen molar-refractivity contribution in [2.45, 2.75) is 59.2 Å². The van der Waals surface area contributed by atoms with Gasteiger partial charge in [-0.3, -0.25) is 0 Å². The lowest BCUT2D eigenvalue weighted by Crippen LogP contribution is -2.41.